The minimum absolute atomic E-state index is 0.0250. The molecule has 0 unspecified atom stereocenters. The molecule has 0 atom stereocenters. The van der Waals surface area contributed by atoms with E-state index in [1.165, 1.54) is 7.11 Å². The molecule has 1 rings (SSSR count). The molecule has 1 aromatic rings. The zero-order chi connectivity index (χ0) is 12.7. The normalized spacial score (nSPS) is 10.1. The first kappa shape index (κ1) is 13.4. The fraction of sp³-hybridized carbons (Fsp3) is 0.500. The van der Waals surface area contributed by atoms with Crippen LogP contribution in [0.4, 0.5) is 5.82 Å². The number of carbonyl (C=O) groups is 1. The Balaban J connectivity index is 3.04. The predicted octanol–water partition coefficient (Wildman–Crippen LogP) is 1.08. The van der Waals surface area contributed by atoms with Gasteiger partial charge in [-0.1, -0.05) is 6.92 Å². The standard InChI is InChI=1S/C12H18N2O3/c1-3-7-14(8-9-15)11-10(12(16)17-2)5-4-6-13-11/h4-6,15H,3,7-9H2,1-2H3. The maximum absolute atomic E-state index is 11.6. The van der Waals surface area contributed by atoms with Gasteiger partial charge in [-0.15, -0.1) is 0 Å². The number of ether oxygens (including phenoxy) is 1. The number of anilines is 1. The topological polar surface area (TPSA) is 62.7 Å². The van der Waals surface area contributed by atoms with Crippen LogP contribution in [0.15, 0.2) is 18.3 Å². The van der Waals surface area contributed by atoms with Gasteiger partial charge in [0.2, 0.25) is 0 Å². The quantitative estimate of drug-likeness (QED) is 0.751. The largest absolute Gasteiger partial charge is 0.465 e. The van der Waals surface area contributed by atoms with Gasteiger partial charge in [-0.2, -0.15) is 0 Å². The van der Waals surface area contributed by atoms with Crippen molar-refractivity contribution in [3.8, 4) is 0 Å². The first-order valence-electron chi connectivity index (χ1n) is 5.63. The average molecular weight is 238 g/mol. The second kappa shape index (κ2) is 6.85. The Morgan fingerprint density at radius 3 is 2.88 bits per heavy atom. The Kier molecular flexibility index (Phi) is 5.42. The molecule has 0 saturated carbocycles. The number of hydrogen-bond donors (Lipinski definition) is 1. The number of esters is 1. The first-order valence-corrected chi connectivity index (χ1v) is 5.63. The summed E-state index contributed by atoms with van der Waals surface area (Å²) in [6.07, 6.45) is 2.54. The molecular formula is C12H18N2O3. The van der Waals surface area contributed by atoms with Crippen LogP contribution in [0.1, 0.15) is 23.7 Å². The summed E-state index contributed by atoms with van der Waals surface area (Å²) in [5.41, 5.74) is 0.428. The SMILES string of the molecule is CCCN(CCO)c1ncccc1C(=O)OC. The fourth-order valence-corrected chi connectivity index (χ4v) is 1.63. The molecule has 0 spiro atoms. The number of aliphatic hydroxyl groups excluding tert-OH is 1. The molecule has 17 heavy (non-hydrogen) atoms. The molecule has 0 radical (unpaired) electrons. The Morgan fingerprint density at radius 1 is 1.53 bits per heavy atom. The third-order valence-corrected chi connectivity index (χ3v) is 2.35. The molecule has 0 aromatic carbocycles. The summed E-state index contributed by atoms with van der Waals surface area (Å²) in [5, 5.41) is 9.03. The van der Waals surface area contributed by atoms with E-state index in [2.05, 4.69) is 4.98 Å². The Bertz CT molecular complexity index is 363. The molecule has 0 aliphatic rings. The van der Waals surface area contributed by atoms with E-state index in [1.54, 1.807) is 18.3 Å². The highest BCUT2D eigenvalue weighted by molar-refractivity contribution is 5.94. The summed E-state index contributed by atoms with van der Waals surface area (Å²) in [6.45, 7) is 3.25. The minimum atomic E-state index is -0.410. The average Bonchev–Trinajstić information content (AvgIpc) is 2.37. The molecule has 1 N–H and O–H groups in total. The number of methoxy groups -OCH3 is 1. The van der Waals surface area contributed by atoms with Gasteiger partial charge < -0.3 is 14.7 Å². The second-order valence-electron chi connectivity index (χ2n) is 3.58. The van der Waals surface area contributed by atoms with E-state index in [1.807, 2.05) is 11.8 Å². The van der Waals surface area contributed by atoms with E-state index in [9.17, 15) is 4.79 Å². The van der Waals surface area contributed by atoms with Crippen LogP contribution in [0.25, 0.3) is 0 Å². The van der Waals surface area contributed by atoms with Gasteiger partial charge in [0.1, 0.15) is 11.4 Å². The van der Waals surface area contributed by atoms with Crippen LogP contribution in [0.5, 0.6) is 0 Å². The Morgan fingerprint density at radius 2 is 2.29 bits per heavy atom. The molecular weight excluding hydrogens is 220 g/mol. The van der Waals surface area contributed by atoms with E-state index in [0.717, 1.165) is 13.0 Å². The van der Waals surface area contributed by atoms with Gasteiger partial charge in [-0.05, 0) is 18.6 Å². The first-order chi connectivity index (χ1) is 8.24. The second-order valence-corrected chi connectivity index (χ2v) is 3.58. The molecule has 0 bridgehead atoms. The van der Waals surface area contributed by atoms with Crippen LogP contribution < -0.4 is 4.90 Å². The lowest BCUT2D eigenvalue weighted by atomic mass is 10.2. The summed E-state index contributed by atoms with van der Waals surface area (Å²) in [6, 6.07) is 3.37. The van der Waals surface area contributed by atoms with Crippen molar-refractivity contribution >= 4 is 11.8 Å². The van der Waals surface area contributed by atoms with E-state index < -0.39 is 5.97 Å². The van der Waals surface area contributed by atoms with E-state index in [-0.39, 0.29) is 6.61 Å². The van der Waals surface area contributed by atoms with Crippen molar-refractivity contribution in [2.45, 2.75) is 13.3 Å². The molecule has 0 fully saturated rings. The number of rotatable bonds is 6. The van der Waals surface area contributed by atoms with Crippen LogP contribution in [0.3, 0.4) is 0 Å². The molecule has 1 aromatic heterocycles. The molecule has 5 heteroatoms. The maximum Gasteiger partial charge on any atom is 0.341 e. The fourth-order valence-electron chi connectivity index (χ4n) is 1.63. The third-order valence-electron chi connectivity index (χ3n) is 2.35. The zero-order valence-electron chi connectivity index (χ0n) is 10.2. The van der Waals surface area contributed by atoms with Gasteiger partial charge in [-0.25, -0.2) is 9.78 Å². The number of hydrogen-bond acceptors (Lipinski definition) is 5. The van der Waals surface area contributed by atoms with Crippen LogP contribution in [0, 0.1) is 0 Å². The predicted molar refractivity (Wildman–Crippen MR) is 65.2 cm³/mol. The van der Waals surface area contributed by atoms with Crippen molar-refractivity contribution in [2.75, 3.05) is 31.7 Å². The smallest absolute Gasteiger partial charge is 0.341 e. The number of aromatic nitrogens is 1. The maximum atomic E-state index is 11.6. The lowest BCUT2D eigenvalue weighted by Crippen LogP contribution is -2.30. The van der Waals surface area contributed by atoms with Crippen molar-refractivity contribution in [3.05, 3.63) is 23.9 Å². The highest BCUT2D eigenvalue weighted by atomic mass is 16.5. The van der Waals surface area contributed by atoms with Gasteiger partial charge >= 0.3 is 5.97 Å². The molecule has 0 aliphatic heterocycles. The molecule has 0 saturated heterocycles. The lowest BCUT2D eigenvalue weighted by molar-refractivity contribution is 0.0601. The van der Waals surface area contributed by atoms with Gasteiger partial charge in [0, 0.05) is 19.3 Å². The monoisotopic (exact) mass is 238 g/mol. The molecule has 5 nitrogen and oxygen atoms in total. The van der Waals surface area contributed by atoms with Crippen LogP contribution >= 0.6 is 0 Å². The van der Waals surface area contributed by atoms with E-state index >= 15 is 0 Å². The van der Waals surface area contributed by atoms with Crippen molar-refractivity contribution in [1.82, 2.24) is 4.98 Å². The van der Waals surface area contributed by atoms with Crippen LogP contribution in [0.2, 0.25) is 0 Å². The highest BCUT2D eigenvalue weighted by Crippen LogP contribution is 2.18. The number of pyridine rings is 1. The summed E-state index contributed by atoms with van der Waals surface area (Å²) in [4.78, 5) is 17.7. The summed E-state index contributed by atoms with van der Waals surface area (Å²) >= 11 is 0. The highest BCUT2D eigenvalue weighted by Gasteiger charge is 2.17. The Hall–Kier alpha value is -1.62. The summed E-state index contributed by atoms with van der Waals surface area (Å²) in [5.74, 6) is 0.155. The molecule has 1 heterocycles. The van der Waals surface area contributed by atoms with Crippen LogP contribution in [-0.2, 0) is 4.74 Å². The lowest BCUT2D eigenvalue weighted by Gasteiger charge is -2.23. The van der Waals surface area contributed by atoms with Crippen molar-refractivity contribution in [3.63, 3.8) is 0 Å². The number of carbonyl (C=O) groups excluding carboxylic acids is 1. The number of nitrogens with zero attached hydrogens (tertiary/aromatic N) is 2. The zero-order valence-corrected chi connectivity index (χ0v) is 10.2. The van der Waals surface area contributed by atoms with Crippen LogP contribution in [-0.4, -0.2) is 42.9 Å². The molecule has 94 valence electrons. The van der Waals surface area contributed by atoms with E-state index in [0.29, 0.717) is 17.9 Å². The summed E-state index contributed by atoms with van der Waals surface area (Å²) in [7, 11) is 1.34. The van der Waals surface area contributed by atoms with Gasteiger partial charge in [0.25, 0.3) is 0 Å². The van der Waals surface area contributed by atoms with Crippen molar-refractivity contribution in [2.24, 2.45) is 0 Å². The van der Waals surface area contributed by atoms with E-state index in [4.69, 9.17) is 9.84 Å². The molecule has 0 amide bonds. The summed E-state index contributed by atoms with van der Waals surface area (Å²) < 4.78 is 4.72. The Labute approximate surface area is 101 Å². The third kappa shape index (κ3) is 3.42. The van der Waals surface area contributed by atoms with Gasteiger partial charge in [0.05, 0.1) is 13.7 Å². The van der Waals surface area contributed by atoms with Crippen molar-refractivity contribution < 1.29 is 14.6 Å². The number of aliphatic hydroxyl groups is 1. The van der Waals surface area contributed by atoms with Gasteiger partial charge in [-0.3, -0.25) is 0 Å². The molecule has 0 aliphatic carbocycles. The van der Waals surface area contributed by atoms with Gasteiger partial charge in [0.15, 0.2) is 0 Å². The minimum Gasteiger partial charge on any atom is -0.465 e. The van der Waals surface area contributed by atoms with Crippen molar-refractivity contribution in [1.29, 1.82) is 0 Å².